The lowest BCUT2D eigenvalue weighted by Gasteiger charge is -2.30. The third kappa shape index (κ3) is 4.99. The Morgan fingerprint density at radius 3 is 2.79 bits per heavy atom. The number of carbonyl (C=O) groups is 3. The first kappa shape index (κ1) is 23.9. The fourth-order valence-electron chi connectivity index (χ4n) is 4.92. The molecule has 2 aliphatic rings. The van der Waals surface area contributed by atoms with Crippen LogP contribution in [0.15, 0.2) is 30.6 Å². The van der Waals surface area contributed by atoms with Crippen LogP contribution in [0.1, 0.15) is 50.3 Å². The van der Waals surface area contributed by atoms with Crippen LogP contribution in [0.4, 0.5) is 5.69 Å². The van der Waals surface area contributed by atoms with Crippen molar-refractivity contribution in [1.29, 1.82) is 0 Å². The van der Waals surface area contributed by atoms with Crippen LogP contribution in [0.2, 0.25) is 0 Å². The fraction of sp³-hybridized carbons (Fsp3) is 0.520. The number of nitrogens with one attached hydrogen (secondary N) is 4. The molecule has 9 nitrogen and oxygen atoms in total. The van der Waals surface area contributed by atoms with Crippen LogP contribution >= 0.6 is 0 Å². The highest BCUT2D eigenvalue weighted by Gasteiger charge is 2.43. The number of hydrogen-bond donors (Lipinski definition) is 4. The Hall–Kier alpha value is -3.20. The fourth-order valence-corrected chi connectivity index (χ4v) is 4.92. The number of H-pyrrole nitrogens is 1. The molecule has 4 N–H and O–H groups in total. The molecule has 2 aliphatic heterocycles. The van der Waals surface area contributed by atoms with Gasteiger partial charge in [0.05, 0.1) is 17.9 Å². The first-order valence-electron chi connectivity index (χ1n) is 12.1. The van der Waals surface area contributed by atoms with Crippen LogP contribution in [0.25, 0.3) is 0 Å². The maximum Gasteiger partial charge on any atom is 0.244 e. The number of benzene rings is 1. The summed E-state index contributed by atoms with van der Waals surface area (Å²) in [6.45, 7) is 6.55. The van der Waals surface area contributed by atoms with Gasteiger partial charge in [-0.05, 0) is 29.9 Å². The third-order valence-electron chi connectivity index (χ3n) is 7.03. The van der Waals surface area contributed by atoms with Gasteiger partial charge in [-0.25, -0.2) is 0 Å². The van der Waals surface area contributed by atoms with E-state index in [1.165, 1.54) is 6.92 Å². The zero-order valence-electron chi connectivity index (χ0n) is 20.1. The molecule has 0 unspecified atom stereocenters. The van der Waals surface area contributed by atoms with Crippen molar-refractivity contribution in [3.05, 3.63) is 47.3 Å². The van der Waals surface area contributed by atoms with Crippen molar-refractivity contribution in [3.8, 4) is 0 Å². The van der Waals surface area contributed by atoms with E-state index in [0.29, 0.717) is 25.9 Å². The second-order valence-corrected chi connectivity index (χ2v) is 9.37. The lowest BCUT2D eigenvalue weighted by molar-refractivity contribution is -0.127. The van der Waals surface area contributed by atoms with Gasteiger partial charge in [-0.2, -0.15) is 5.10 Å². The van der Waals surface area contributed by atoms with Gasteiger partial charge in [0, 0.05) is 44.2 Å². The number of para-hydroxylation sites is 1. The molecule has 2 aromatic rings. The summed E-state index contributed by atoms with van der Waals surface area (Å²) < 4.78 is 0. The number of rotatable bonds is 9. The number of aryl methyl sites for hydroxylation is 1. The highest BCUT2D eigenvalue weighted by Crippen LogP contribution is 2.39. The molecule has 0 aliphatic carbocycles. The van der Waals surface area contributed by atoms with Gasteiger partial charge < -0.3 is 16.0 Å². The molecule has 1 aromatic heterocycles. The van der Waals surface area contributed by atoms with E-state index in [4.69, 9.17) is 0 Å². The molecule has 9 heteroatoms. The van der Waals surface area contributed by atoms with Gasteiger partial charge in [-0.3, -0.25) is 24.4 Å². The van der Waals surface area contributed by atoms with Crippen LogP contribution < -0.4 is 20.9 Å². The molecule has 0 saturated carbocycles. The van der Waals surface area contributed by atoms with Crippen molar-refractivity contribution in [2.45, 2.75) is 71.1 Å². The molecule has 0 saturated heterocycles. The van der Waals surface area contributed by atoms with Crippen molar-refractivity contribution < 1.29 is 14.4 Å². The maximum absolute atomic E-state index is 13.8. The molecular weight excluding hydrogens is 432 g/mol. The van der Waals surface area contributed by atoms with Crippen molar-refractivity contribution in [2.75, 3.05) is 11.4 Å². The summed E-state index contributed by atoms with van der Waals surface area (Å²) in [5, 5.41) is 16.0. The van der Waals surface area contributed by atoms with Gasteiger partial charge >= 0.3 is 0 Å². The number of carbonyl (C=O) groups excluding carboxylic acids is 3. The molecule has 182 valence electrons. The van der Waals surface area contributed by atoms with E-state index in [9.17, 15) is 14.4 Å². The van der Waals surface area contributed by atoms with E-state index in [1.54, 1.807) is 17.3 Å². The van der Waals surface area contributed by atoms with Gasteiger partial charge in [-0.15, -0.1) is 0 Å². The maximum atomic E-state index is 13.8. The highest BCUT2D eigenvalue weighted by atomic mass is 16.2. The second-order valence-electron chi connectivity index (χ2n) is 9.37. The number of aromatic amines is 1. The van der Waals surface area contributed by atoms with Crippen molar-refractivity contribution >= 4 is 23.4 Å². The van der Waals surface area contributed by atoms with E-state index in [1.807, 2.05) is 18.2 Å². The predicted molar refractivity (Wildman–Crippen MR) is 129 cm³/mol. The van der Waals surface area contributed by atoms with E-state index in [-0.39, 0.29) is 29.7 Å². The number of hydrogen-bond acceptors (Lipinski definition) is 5. The van der Waals surface area contributed by atoms with E-state index in [2.05, 4.69) is 40.0 Å². The molecule has 3 heterocycles. The van der Waals surface area contributed by atoms with Gasteiger partial charge in [0.25, 0.3) is 0 Å². The summed E-state index contributed by atoms with van der Waals surface area (Å²) in [5.74, 6) is -0.0643. The van der Waals surface area contributed by atoms with E-state index >= 15 is 0 Å². The standard InChI is InChI=1S/C25H34N6O3/c1-4-15(2)21(30-16(3)32)14-26-20-9-8-18-6-5-7-19-10-22(31(23(18)19)25(20)34)24(33)27-11-17-12-28-29-13-17/h5-7,12-13,15,20-22,26H,4,8-11,14H2,1-3H3,(H,27,33)(H,28,29)(H,30,32)/t15-,20-,21+,22-/m0/s1. The van der Waals surface area contributed by atoms with E-state index < -0.39 is 12.1 Å². The first-order valence-corrected chi connectivity index (χ1v) is 12.1. The van der Waals surface area contributed by atoms with Crippen LogP contribution in [0.3, 0.4) is 0 Å². The largest absolute Gasteiger partial charge is 0.352 e. The molecular formula is C25H34N6O3. The molecule has 0 fully saturated rings. The zero-order valence-corrected chi connectivity index (χ0v) is 20.1. The van der Waals surface area contributed by atoms with Gasteiger partial charge in [0.2, 0.25) is 17.7 Å². The second kappa shape index (κ2) is 10.4. The summed E-state index contributed by atoms with van der Waals surface area (Å²) in [4.78, 5) is 40.4. The average Bonchev–Trinajstić information content (AvgIpc) is 3.45. The molecule has 1 aromatic carbocycles. The third-order valence-corrected chi connectivity index (χ3v) is 7.03. The van der Waals surface area contributed by atoms with Gasteiger partial charge in [0.15, 0.2) is 0 Å². The zero-order chi connectivity index (χ0) is 24.2. The highest BCUT2D eigenvalue weighted by molar-refractivity contribution is 6.06. The topological polar surface area (TPSA) is 119 Å². The summed E-state index contributed by atoms with van der Waals surface area (Å²) in [6, 6.07) is 4.98. The molecule has 0 spiro atoms. The minimum absolute atomic E-state index is 0.0656. The van der Waals surface area contributed by atoms with E-state index in [0.717, 1.165) is 35.2 Å². The Balaban J connectivity index is 1.52. The molecule has 4 rings (SSSR count). The Labute approximate surface area is 200 Å². The minimum atomic E-state index is -0.585. The molecule has 4 atom stereocenters. The number of amides is 3. The van der Waals surface area contributed by atoms with Crippen LogP contribution in [-0.4, -0.2) is 52.6 Å². The molecule has 3 amide bonds. The predicted octanol–water partition coefficient (Wildman–Crippen LogP) is 1.44. The lowest BCUT2D eigenvalue weighted by Crippen LogP contribution is -2.55. The first-order chi connectivity index (χ1) is 16.4. The Bertz CT molecular complexity index is 1040. The Morgan fingerprint density at radius 1 is 1.29 bits per heavy atom. The van der Waals surface area contributed by atoms with Crippen LogP contribution in [0, 0.1) is 5.92 Å². The number of nitrogens with zero attached hydrogens (tertiary/aromatic N) is 2. The number of aromatic nitrogens is 2. The Morgan fingerprint density at radius 2 is 2.09 bits per heavy atom. The van der Waals surface area contributed by atoms with Crippen LogP contribution in [-0.2, 0) is 33.8 Å². The van der Waals surface area contributed by atoms with Crippen molar-refractivity contribution in [3.63, 3.8) is 0 Å². The molecule has 34 heavy (non-hydrogen) atoms. The monoisotopic (exact) mass is 466 g/mol. The minimum Gasteiger partial charge on any atom is -0.352 e. The SMILES string of the molecule is CC[C@H](C)[C@@H](CN[C@H]1CCc2cccc3c2N(C1=O)[C@H](C(=O)NCc1cn[nH]c1)C3)NC(C)=O. The smallest absolute Gasteiger partial charge is 0.244 e. The molecule has 0 bridgehead atoms. The van der Waals surface area contributed by atoms with Crippen molar-refractivity contribution in [1.82, 2.24) is 26.1 Å². The Kier molecular flexibility index (Phi) is 7.31. The van der Waals surface area contributed by atoms with Crippen molar-refractivity contribution in [2.24, 2.45) is 5.92 Å². The summed E-state index contributed by atoms with van der Waals surface area (Å²) in [6.07, 6.45) is 6.22. The summed E-state index contributed by atoms with van der Waals surface area (Å²) in [7, 11) is 0. The molecule has 0 radical (unpaired) electrons. The lowest BCUT2D eigenvalue weighted by atomic mass is 9.98. The number of anilines is 1. The average molecular weight is 467 g/mol. The normalized spacial score (nSPS) is 20.9. The van der Waals surface area contributed by atoms with Gasteiger partial charge in [0.1, 0.15) is 6.04 Å². The summed E-state index contributed by atoms with van der Waals surface area (Å²) in [5.41, 5.74) is 3.90. The summed E-state index contributed by atoms with van der Waals surface area (Å²) >= 11 is 0. The quantitative estimate of drug-likeness (QED) is 0.446. The van der Waals surface area contributed by atoms with Gasteiger partial charge in [-0.1, -0.05) is 38.5 Å². The van der Waals surface area contributed by atoms with Crippen LogP contribution in [0.5, 0.6) is 0 Å².